The van der Waals surface area contributed by atoms with Gasteiger partial charge in [0, 0.05) is 11.5 Å². The fourth-order valence-corrected chi connectivity index (χ4v) is 6.32. The molecule has 0 aliphatic heterocycles. The second-order valence-corrected chi connectivity index (χ2v) is 9.06. The van der Waals surface area contributed by atoms with Crippen molar-refractivity contribution in [2.75, 3.05) is 10.7 Å². The van der Waals surface area contributed by atoms with Crippen LogP contribution in [0.2, 0.25) is 0 Å². The minimum absolute atomic E-state index is 0.224. The van der Waals surface area contributed by atoms with Crippen LogP contribution in [0.5, 0.6) is 0 Å². The van der Waals surface area contributed by atoms with Gasteiger partial charge in [-0.15, -0.1) is 0 Å². The number of ketones is 2. The first-order chi connectivity index (χ1) is 12.1. The average Bonchev–Trinajstić information content (AvgIpc) is 3.29. The summed E-state index contributed by atoms with van der Waals surface area (Å²) in [5, 5.41) is 0.904. The van der Waals surface area contributed by atoms with Crippen molar-refractivity contribution < 1.29 is 9.59 Å². The van der Waals surface area contributed by atoms with Gasteiger partial charge in [-0.3, -0.25) is 9.59 Å². The van der Waals surface area contributed by atoms with E-state index in [2.05, 4.69) is 44.0 Å². The van der Waals surface area contributed by atoms with Crippen molar-refractivity contribution in [1.29, 1.82) is 0 Å². The zero-order valence-electron chi connectivity index (χ0n) is 14.4. The summed E-state index contributed by atoms with van der Waals surface area (Å²) in [7, 11) is 0. The minimum atomic E-state index is 0.224. The highest BCUT2D eigenvalue weighted by molar-refractivity contribution is 9.09. The lowest BCUT2D eigenvalue weighted by Crippen LogP contribution is -2.23. The second-order valence-electron chi connectivity index (χ2n) is 7.94. The summed E-state index contributed by atoms with van der Waals surface area (Å²) in [6.07, 6.45) is 8.02. The number of carbonyl (C=O) groups excluding carboxylic acids is 2. The second kappa shape index (κ2) is 7.26. The SMILES string of the molecule is O=C(CBr)c1ccc(C2CCC(C(=O)CBr)CC2)c2c1C1CCC2C1. The van der Waals surface area contributed by atoms with Crippen LogP contribution in [0.4, 0.5) is 0 Å². The summed E-state index contributed by atoms with van der Waals surface area (Å²) in [6, 6.07) is 4.33. The van der Waals surface area contributed by atoms with Crippen LogP contribution in [0.15, 0.2) is 12.1 Å². The highest BCUT2D eigenvalue weighted by Gasteiger charge is 2.42. The Morgan fingerprint density at radius 1 is 0.840 bits per heavy atom. The fraction of sp³-hybridized carbons (Fsp3) is 0.619. The molecule has 2 unspecified atom stereocenters. The van der Waals surface area contributed by atoms with Crippen LogP contribution in [0.3, 0.4) is 0 Å². The van der Waals surface area contributed by atoms with E-state index in [1.807, 2.05) is 0 Å². The number of carbonyl (C=O) groups is 2. The van der Waals surface area contributed by atoms with Crippen molar-refractivity contribution in [3.05, 3.63) is 34.4 Å². The molecular weight excluding hydrogens is 444 g/mol. The number of Topliss-reactive ketones (excluding diaryl/α,β-unsaturated/α-hetero) is 2. The van der Waals surface area contributed by atoms with Crippen LogP contribution < -0.4 is 0 Å². The molecule has 2 bridgehead atoms. The van der Waals surface area contributed by atoms with Gasteiger partial charge in [-0.05, 0) is 79.4 Å². The lowest BCUT2D eigenvalue weighted by molar-refractivity contribution is -0.121. The summed E-state index contributed by atoms with van der Waals surface area (Å²) in [6.45, 7) is 0. The lowest BCUT2D eigenvalue weighted by atomic mass is 9.73. The van der Waals surface area contributed by atoms with Gasteiger partial charge in [0.2, 0.25) is 0 Å². The number of halogens is 2. The summed E-state index contributed by atoms with van der Waals surface area (Å²) >= 11 is 6.67. The van der Waals surface area contributed by atoms with E-state index >= 15 is 0 Å². The van der Waals surface area contributed by atoms with Gasteiger partial charge < -0.3 is 0 Å². The Labute approximate surface area is 166 Å². The van der Waals surface area contributed by atoms with Crippen LogP contribution in [-0.4, -0.2) is 22.2 Å². The standard InChI is InChI=1S/C21H24Br2O2/c22-10-18(24)13-3-1-12(2-4-13)16-7-8-17(19(25)11-23)21-15-6-5-14(9-15)20(16)21/h7-8,12-15H,1-6,9-11H2. The molecule has 3 aliphatic carbocycles. The largest absolute Gasteiger partial charge is 0.298 e. The van der Waals surface area contributed by atoms with Crippen molar-refractivity contribution in [3.63, 3.8) is 0 Å². The molecule has 4 heteroatoms. The van der Waals surface area contributed by atoms with Crippen LogP contribution in [0, 0.1) is 5.92 Å². The maximum absolute atomic E-state index is 12.4. The van der Waals surface area contributed by atoms with E-state index in [1.54, 1.807) is 0 Å². The molecule has 0 heterocycles. The molecule has 2 fully saturated rings. The Hall–Kier alpha value is -0.480. The predicted octanol–water partition coefficient (Wildman–Crippen LogP) is 5.87. The van der Waals surface area contributed by atoms with Gasteiger partial charge in [0.1, 0.15) is 5.78 Å². The van der Waals surface area contributed by atoms with Gasteiger partial charge in [0.15, 0.2) is 5.78 Å². The van der Waals surface area contributed by atoms with Crippen molar-refractivity contribution in [1.82, 2.24) is 0 Å². The van der Waals surface area contributed by atoms with Crippen molar-refractivity contribution >= 4 is 43.4 Å². The molecule has 134 valence electrons. The molecule has 1 aromatic carbocycles. The van der Waals surface area contributed by atoms with Crippen LogP contribution >= 0.6 is 31.9 Å². The third-order valence-electron chi connectivity index (χ3n) is 6.75. The number of rotatable bonds is 5. The number of alkyl halides is 2. The van der Waals surface area contributed by atoms with E-state index in [-0.39, 0.29) is 11.7 Å². The number of hydrogen-bond acceptors (Lipinski definition) is 2. The van der Waals surface area contributed by atoms with Gasteiger partial charge >= 0.3 is 0 Å². The fourth-order valence-electron chi connectivity index (χ4n) is 5.56. The molecule has 0 amide bonds. The molecule has 2 nitrogen and oxygen atoms in total. The molecule has 0 N–H and O–H groups in total. The quantitative estimate of drug-likeness (QED) is 0.401. The Morgan fingerprint density at radius 3 is 2.12 bits per heavy atom. The molecule has 2 saturated carbocycles. The number of hydrogen-bond donors (Lipinski definition) is 0. The van der Waals surface area contributed by atoms with Gasteiger partial charge in [-0.2, -0.15) is 0 Å². The molecule has 25 heavy (non-hydrogen) atoms. The monoisotopic (exact) mass is 466 g/mol. The zero-order chi connectivity index (χ0) is 17.6. The highest BCUT2D eigenvalue weighted by atomic mass is 79.9. The third-order valence-corrected chi connectivity index (χ3v) is 7.81. The molecule has 0 radical (unpaired) electrons. The van der Waals surface area contributed by atoms with Crippen molar-refractivity contribution in [2.24, 2.45) is 5.92 Å². The first-order valence-corrected chi connectivity index (χ1v) is 11.7. The van der Waals surface area contributed by atoms with E-state index in [0.29, 0.717) is 34.2 Å². The number of fused-ring (bicyclic) bond motifs is 5. The molecule has 4 rings (SSSR count). The maximum atomic E-state index is 12.4. The zero-order valence-corrected chi connectivity index (χ0v) is 17.6. The van der Waals surface area contributed by atoms with Crippen molar-refractivity contribution in [2.45, 2.75) is 62.7 Å². The summed E-state index contributed by atoms with van der Waals surface area (Å²) < 4.78 is 0. The van der Waals surface area contributed by atoms with E-state index in [1.165, 1.54) is 36.0 Å². The van der Waals surface area contributed by atoms with Crippen molar-refractivity contribution in [3.8, 4) is 0 Å². The van der Waals surface area contributed by atoms with E-state index in [0.717, 1.165) is 31.2 Å². The molecule has 2 atom stereocenters. The molecule has 3 aliphatic rings. The third kappa shape index (κ3) is 3.07. The Bertz CT molecular complexity index is 704. The van der Waals surface area contributed by atoms with Gasteiger partial charge in [-0.1, -0.05) is 44.0 Å². The highest BCUT2D eigenvalue weighted by Crippen LogP contribution is 2.57. The molecular formula is C21H24Br2O2. The first-order valence-electron chi connectivity index (χ1n) is 9.48. The molecule has 0 spiro atoms. The summed E-state index contributed by atoms with van der Waals surface area (Å²) in [5.41, 5.74) is 5.37. The van der Waals surface area contributed by atoms with Gasteiger partial charge in [0.25, 0.3) is 0 Å². The van der Waals surface area contributed by atoms with Crippen LogP contribution in [-0.2, 0) is 4.79 Å². The first kappa shape index (κ1) is 17.9. The predicted molar refractivity (Wildman–Crippen MR) is 107 cm³/mol. The molecule has 0 aromatic heterocycles. The molecule has 0 saturated heterocycles. The molecule has 1 aromatic rings. The Morgan fingerprint density at radius 2 is 1.48 bits per heavy atom. The number of benzene rings is 1. The Kier molecular flexibility index (Phi) is 5.20. The van der Waals surface area contributed by atoms with Crippen LogP contribution in [0.25, 0.3) is 0 Å². The van der Waals surface area contributed by atoms with E-state index < -0.39 is 0 Å². The summed E-state index contributed by atoms with van der Waals surface area (Å²) in [5.74, 6) is 2.67. The van der Waals surface area contributed by atoms with E-state index in [9.17, 15) is 9.59 Å². The maximum Gasteiger partial charge on any atom is 0.173 e. The lowest BCUT2D eigenvalue weighted by Gasteiger charge is -2.31. The smallest absolute Gasteiger partial charge is 0.173 e. The topological polar surface area (TPSA) is 34.1 Å². The van der Waals surface area contributed by atoms with Gasteiger partial charge in [0.05, 0.1) is 10.7 Å². The average molecular weight is 468 g/mol. The summed E-state index contributed by atoms with van der Waals surface area (Å²) in [4.78, 5) is 24.4. The van der Waals surface area contributed by atoms with Crippen LogP contribution in [0.1, 0.15) is 89.7 Å². The normalized spacial score (nSPS) is 30.3. The Balaban J connectivity index is 1.64. The minimum Gasteiger partial charge on any atom is -0.298 e. The van der Waals surface area contributed by atoms with E-state index in [4.69, 9.17) is 0 Å². The van der Waals surface area contributed by atoms with Gasteiger partial charge in [-0.25, -0.2) is 0 Å².